The van der Waals surface area contributed by atoms with E-state index in [1.807, 2.05) is 4.90 Å². The van der Waals surface area contributed by atoms with E-state index < -0.39 is 0 Å². The highest BCUT2D eigenvalue weighted by molar-refractivity contribution is 6.00. The van der Waals surface area contributed by atoms with Crippen LogP contribution in [0, 0.1) is 6.92 Å². The third-order valence-corrected chi connectivity index (χ3v) is 4.02. The highest BCUT2D eigenvalue weighted by atomic mass is 16.2. The molecule has 1 aromatic carbocycles. The van der Waals surface area contributed by atoms with Crippen LogP contribution in [0.3, 0.4) is 0 Å². The summed E-state index contributed by atoms with van der Waals surface area (Å²) in [4.78, 5) is 16.6. The maximum atomic E-state index is 12.2. The zero-order valence-corrected chi connectivity index (χ0v) is 11.8. The van der Waals surface area contributed by atoms with Gasteiger partial charge in [0.2, 0.25) is 5.91 Å². The fraction of sp³-hybridized carbons (Fsp3) is 0.533. The first-order valence-electron chi connectivity index (χ1n) is 6.98. The van der Waals surface area contributed by atoms with Crippen molar-refractivity contribution in [1.82, 2.24) is 5.32 Å². The predicted molar refractivity (Wildman–Crippen MR) is 77.8 cm³/mol. The second kappa shape index (κ2) is 4.53. The molecule has 1 saturated heterocycles. The van der Waals surface area contributed by atoms with Gasteiger partial charge in [0.15, 0.2) is 0 Å². The standard InChI is InChI=1S/C15H21N3O/c1-10(2)17-9-12-7-16-8-15(19)18(12)14-6-11(3)4-5-13(14)17/h4-6,10,12,16H,7-9H2,1-3H3. The van der Waals surface area contributed by atoms with Crippen LogP contribution in [0.4, 0.5) is 11.4 Å². The third kappa shape index (κ3) is 2.00. The number of fused-ring (bicyclic) bond motifs is 3. The highest BCUT2D eigenvalue weighted by Crippen LogP contribution is 2.37. The van der Waals surface area contributed by atoms with Crippen molar-refractivity contribution in [1.29, 1.82) is 0 Å². The van der Waals surface area contributed by atoms with Crippen LogP contribution in [-0.2, 0) is 4.79 Å². The van der Waals surface area contributed by atoms with Crippen LogP contribution in [0.1, 0.15) is 19.4 Å². The molecule has 1 atom stereocenters. The molecule has 0 saturated carbocycles. The summed E-state index contributed by atoms with van der Waals surface area (Å²) in [6.07, 6.45) is 0. The molecular formula is C15H21N3O. The topological polar surface area (TPSA) is 35.6 Å². The molecule has 2 aliphatic rings. The first-order valence-corrected chi connectivity index (χ1v) is 6.98. The Balaban J connectivity index is 2.11. The van der Waals surface area contributed by atoms with Crippen molar-refractivity contribution in [2.24, 2.45) is 0 Å². The molecule has 4 heteroatoms. The number of rotatable bonds is 1. The molecule has 0 spiro atoms. The number of anilines is 2. The van der Waals surface area contributed by atoms with Crippen molar-refractivity contribution < 1.29 is 4.79 Å². The van der Waals surface area contributed by atoms with Crippen LogP contribution in [-0.4, -0.2) is 37.6 Å². The number of carbonyl (C=O) groups excluding carboxylic acids is 1. The first kappa shape index (κ1) is 12.5. The molecule has 0 aromatic heterocycles. The van der Waals surface area contributed by atoms with Gasteiger partial charge in [0.1, 0.15) is 0 Å². The summed E-state index contributed by atoms with van der Waals surface area (Å²) in [6, 6.07) is 7.11. The summed E-state index contributed by atoms with van der Waals surface area (Å²) in [7, 11) is 0. The van der Waals surface area contributed by atoms with Gasteiger partial charge in [-0.1, -0.05) is 6.07 Å². The lowest BCUT2D eigenvalue weighted by atomic mass is 10.0. The largest absolute Gasteiger partial charge is 0.365 e. The van der Waals surface area contributed by atoms with Crippen LogP contribution < -0.4 is 15.1 Å². The minimum Gasteiger partial charge on any atom is -0.365 e. The average Bonchev–Trinajstić information content (AvgIpc) is 2.37. The van der Waals surface area contributed by atoms with Crippen molar-refractivity contribution in [3.63, 3.8) is 0 Å². The van der Waals surface area contributed by atoms with E-state index in [2.05, 4.69) is 49.2 Å². The lowest BCUT2D eigenvalue weighted by Crippen LogP contribution is -2.62. The van der Waals surface area contributed by atoms with E-state index in [1.54, 1.807) is 0 Å². The smallest absolute Gasteiger partial charge is 0.241 e. The second-order valence-corrected chi connectivity index (χ2v) is 5.79. The van der Waals surface area contributed by atoms with E-state index in [-0.39, 0.29) is 11.9 Å². The average molecular weight is 259 g/mol. The molecule has 2 aliphatic heterocycles. The molecule has 1 aromatic rings. The number of nitrogens with one attached hydrogen (secondary N) is 1. The Morgan fingerprint density at radius 3 is 2.84 bits per heavy atom. The van der Waals surface area contributed by atoms with Gasteiger partial charge in [0.05, 0.1) is 24.0 Å². The van der Waals surface area contributed by atoms with E-state index in [4.69, 9.17) is 0 Å². The molecule has 0 bridgehead atoms. The van der Waals surface area contributed by atoms with Crippen LogP contribution in [0.25, 0.3) is 0 Å². The van der Waals surface area contributed by atoms with Gasteiger partial charge >= 0.3 is 0 Å². The Bertz CT molecular complexity index is 512. The molecule has 4 nitrogen and oxygen atoms in total. The Labute approximate surface area is 114 Å². The van der Waals surface area contributed by atoms with Gasteiger partial charge in [-0.2, -0.15) is 0 Å². The fourth-order valence-electron chi connectivity index (χ4n) is 3.09. The number of carbonyl (C=O) groups is 1. The molecule has 19 heavy (non-hydrogen) atoms. The number of piperazine rings is 1. The lowest BCUT2D eigenvalue weighted by Gasteiger charge is -2.47. The quantitative estimate of drug-likeness (QED) is 0.831. The third-order valence-electron chi connectivity index (χ3n) is 4.02. The normalized spacial score (nSPS) is 22.5. The molecule has 3 rings (SSSR count). The Hall–Kier alpha value is -1.55. The highest BCUT2D eigenvalue weighted by Gasteiger charge is 2.37. The van der Waals surface area contributed by atoms with E-state index in [1.165, 1.54) is 11.3 Å². The van der Waals surface area contributed by atoms with Crippen LogP contribution in [0.2, 0.25) is 0 Å². The monoisotopic (exact) mass is 259 g/mol. The minimum atomic E-state index is 0.187. The molecule has 0 radical (unpaired) electrons. The summed E-state index contributed by atoms with van der Waals surface area (Å²) in [5.74, 6) is 0.187. The summed E-state index contributed by atoms with van der Waals surface area (Å²) in [5, 5.41) is 3.22. The van der Waals surface area contributed by atoms with Gasteiger partial charge in [-0.15, -0.1) is 0 Å². The van der Waals surface area contributed by atoms with Crippen molar-refractivity contribution in [3.05, 3.63) is 23.8 Å². The summed E-state index contributed by atoms with van der Waals surface area (Å²) < 4.78 is 0. The maximum absolute atomic E-state index is 12.2. The predicted octanol–water partition coefficient (Wildman–Crippen LogP) is 1.53. The number of hydrogen-bond acceptors (Lipinski definition) is 3. The van der Waals surface area contributed by atoms with E-state index in [9.17, 15) is 4.79 Å². The fourth-order valence-corrected chi connectivity index (χ4v) is 3.09. The zero-order valence-electron chi connectivity index (χ0n) is 11.8. The van der Waals surface area contributed by atoms with Gasteiger partial charge in [0.25, 0.3) is 0 Å². The van der Waals surface area contributed by atoms with Crippen LogP contribution in [0.15, 0.2) is 18.2 Å². The number of aryl methyl sites for hydroxylation is 1. The Kier molecular flexibility index (Phi) is 2.97. The van der Waals surface area contributed by atoms with Gasteiger partial charge < -0.3 is 15.1 Å². The van der Waals surface area contributed by atoms with Crippen molar-refractivity contribution in [3.8, 4) is 0 Å². The van der Waals surface area contributed by atoms with Gasteiger partial charge in [0, 0.05) is 19.1 Å². The number of hydrogen-bond donors (Lipinski definition) is 1. The van der Waals surface area contributed by atoms with E-state index in [0.29, 0.717) is 12.6 Å². The molecule has 1 amide bonds. The molecule has 1 fully saturated rings. The maximum Gasteiger partial charge on any atom is 0.241 e. The first-order chi connectivity index (χ1) is 9.08. The SMILES string of the molecule is Cc1ccc2c(c1)N1C(=O)CNCC1CN2C(C)C. The van der Waals surface area contributed by atoms with Gasteiger partial charge in [-0.05, 0) is 38.5 Å². The number of nitrogens with zero attached hydrogens (tertiary/aromatic N) is 2. The van der Waals surface area contributed by atoms with Crippen LogP contribution in [0.5, 0.6) is 0 Å². The second-order valence-electron chi connectivity index (χ2n) is 5.79. The zero-order chi connectivity index (χ0) is 13.6. The Morgan fingerprint density at radius 1 is 1.32 bits per heavy atom. The molecule has 1 N–H and O–H groups in total. The summed E-state index contributed by atoms with van der Waals surface area (Å²) in [5.41, 5.74) is 3.47. The van der Waals surface area contributed by atoms with Crippen molar-refractivity contribution >= 4 is 17.3 Å². The molecule has 2 heterocycles. The van der Waals surface area contributed by atoms with Crippen molar-refractivity contribution in [2.75, 3.05) is 29.4 Å². The lowest BCUT2D eigenvalue weighted by molar-refractivity contribution is -0.119. The minimum absolute atomic E-state index is 0.187. The molecular weight excluding hydrogens is 238 g/mol. The van der Waals surface area contributed by atoms with Gasteiger partial charge in [-0.3, -0.25) is 4.79 Å². The van der Waals surface area contributed by atoms with Gasteiger partial charge in [-0.25, -0.2) is 0 Å². The number of benzene rings is 1. The molecule has 0 aliphatic carbocycles. The van der Waals surface area contributed by atoms with E-state index >= 15 is 0 Å². The number of amides is 1. The van der Waals surface area contributed by atoms with Crippen molar-refractivity contribution in [2.45, 2.75) is 32.9 Å². The van der Waals surface area contributed by atoms with E-state index in [0.717, 1.165) is 18.8 Å². The summed E-state index contributed by atoms with van der Waals surface area (Å²) >= 11 is 0. The van der Waals surface area contributed by atoms with Crippen LogP contribution >= 0.6 is 0 Å². The Morgan fingerprint density at radius 2 is 2.11 bits per heavy atom. The molecule has 1 unspecified atom stereocenters. The summed E-state index contributed by atoms with van der Waals surface area (Å²) in [6.45, 7) is 8.73. The molecule has 102 valence electrons.